The fourth-order valence-electron chi connectivity index (χ4n) is 1.87. The molecule has 0 atom stereocenters. The van der Waals surface area contributed by atoms with Crippen molar-refractivity contribution in [3.8, 4) is 0 Å². The van der Waals surface area contributed by atoms with Crippen LogP contribution < -0.4 is 0 Å². The Morgan fingerprint density at radius 1 is 1.30 bits per heavy atom. The number of aryl methyl sites for hydroxylation is 1. The first-order valence-corrected chi connectivity index (χ1v) is 6.87. The van der Waals surface area contributed by atoms with Gasteiger partial charge in [-0.25, -0.2) is 0 Å². The number of rotatable bonds is 8. The molecular formula is C15H22N2O3. The smallest absolute Gasteiger partial charge is 0.313 e. The third-order valence-corrected chi connectivity index (χ3v) is 2.83. The molecule has 0 bridgehead atoms. The summed E-state index contributed by atoms with van der Waals surface area (Å²) >= 11 is 0. The Hall–Kier alpha value is -1.75. The van der Waals surface area contributed by atoms with Crippen LogP contribution in [-0.2, 0) is 20.9 Å². The molecule has 0 aliphatic rings. The fraction of sp³-hybridized carbons (Fsp3) is 0.533. The fourth-order valence-corrected chi connectivity index (χ4v) is 1.87. The van der Waals surface area contributed by atoms with Gasteiger partial charge >= 0.3 is 5.97 Å². The molecule has 1 rings (SSSR count). The Morgan fingerprint density at radius 2 is 2.05 bits per heavy atom. The van der Waals surface area contributed by atoms with E-state index >= 15 is 0 Å². The molecule has 5 heteroatoms. The van der Waals surface area contributed by atoms with E-state index in [0.29, 0.717) is 13.2 Å². The molecule has 0 unspecified atom stereocenters. The Morgan fingerprint density at radius 3 is 2.65 bits per heavy atom. The predicted molar refractivity (Wildman–Crippen MR) is 76.2 cm³/mol. The number of pyridine rings is 1. The molecule has 0 saturated carbocycles. The first-order chi connectivity index (χ1) is 9.55. The second-order valence-electron chi connectivity index (χ2n) is 4.59. The second-order valence-corrected chi connectivity index (χ2v) is 4.59. The molecule has 0 radical (unpaired) electrons. The lowest BCUT2D eigenvalue weighted by molar-refractivity contribution is -0.145. The highest BCUT2D eigenvalue weighted by Gasteiger charge is 2.14. The molecule has 0 fully saturated rings. The zero-order valence-electron chi connectivity index (χ0n) is 12.4. The minimum Gasteiger partial charge on any atom is -0.466 e. The van der Waals surface area contributed by atoms with Crippen molar-refractivity contribution in [2.24, 2.45) is 0 Å². The van der Waals surface area contributed by atoms with Crippen molar-refractivity contribution in [3.05, 3.63) is 29.6 Å². The second kappa shape index (κ2) is 8.43. The molecule has 0 aliphatic heterocycles. The van der Waals surface area contributed by atoms with Crippen molar-refractivity contribution >= 4 is 11.8 Å². The van der Waals surface area contributed by atoms with Crippen molar-refractivity contribution in [3.63, 3.8) is 0 Å². The van der Waals surface area contributed by atoms with E-state index in [0.717, 1.165) is 17.9 Å². The average Bonchev–Trinajstić information content (AvgIpc) is 2.38. The summed E-state index contributed by atoms with van der Waals surface area (Å²) in [6.45, 7) is 7.52. The summed E-state index contributed by atoms with van der Waals surface area (Å²) in [7, 11) is 0. The molecule has 1 aromatic rings. The van der Waals surface area contributed by atoms with Crippen LogP contribution in [0.5, 0.6) is 0 Å². The van der Waals surface area contributed by atoms with Crippen molar-refractivity contribution in [2.45, 2.75) is 33.7 Å². The van der Waals surface area contributed by atoms with Crippen LogP contribution in [-0.4, -0.2) is 41.3 Å². The Labute approximate surface area is 119 Å². The summed E-state index contributed by atoms with van der Waals surface area (Å²) in [5, 5.41) is 0. The van der Waals surface area contributed by atoms with Gasteiger partial charge in [-0.2, -0.15) is 0 Å². The molecular weight excluding hydrogens is 256 g/mol. The number of hydrogen-bond donors (Lipinski definition) is 0. The van der Waals surface area contributed by atoms with Crippen LogP contribution in [0.2, 0.25) is 0 Å². The molecule has 1 aromatic heterocycles. The third-order valence-electron chi connectivity index (χ3n) is 2.83. The third kappa shape index (κ3) is 5.93. The van der Waals surface area contributed by atoms with Crippen LogP contribution in [0.3, 0.4) is 0 Å². The zero-order chi connectivity index (χ0) is 15.0. The summed E-state index contributed by atoms with van der Waals surface area (Å²) < 4.78 is 4.77. The maximum atomic E-state index is 11.8. The van der Waals surface area contributed by atoms with E-state index < -0.39 is 5.97 Å². The van der Waals surface area contributed by atoms with Gasteiger partial charge in [-0.05, 0) is 32.5 Å². The van der Waals surface area contributed by atoms with Crippen molar-refractivity contribution in [1.82, 2.24) is 9.88 Å². The van der Waals surface area contributed by atoms with E-state index in [1.54, 1.807) is 6.92 Å². The largest absolute Gasteiger partial charge is 0.466 e. The summed E-state index contributed by atoms with van der Waals surface area (Å²) in [6, 6.07) is 5.82. The standard InChI is InChI=1S/C15H22N2O3/c1-4-17(10-13-8-6-7-12(3)16-13)11-14(18)9-15(19)20-5-2/h6-8H,4-5,9-11H2,1-3H3. The highest BCUT2D eigenvalue weighted by molar-refractivity contribution is 5.96. The highest BCUT2D eigenvalue weighted by Crippen LogP contribution is 2.04. The molecule has 0 aromatic carbocycles. The van der Waals surface area contributed by atoms with E-state index in [9.17, 15) is 9.59 Å². The first-order valence-electron chi connectivity index (χ1n) is 6.87. The molecule has 20 heavy (non-hydrogen) atoms. The number of esters is 1. The molecule has 0 N–H and O–H groups in total. The normalized spacial score (nSPS) is 10.6. The van der Waals surface area contributed by atoms with E-state index in [2.05, 4.69) is 4.98 Å². The van der Waals surface area contributed by atoms with E-state index in [-0.39, 0.29) is 18.7 Å². The van der Waals surface area contributed by atoms with Crippen LogP contribution in [0.15, 0.2) is 18.2 Å². The number of ketones is 1. The summed E-state index contributed by atoms with van der Waals surface area (Å²) in [6.07, 6.45) is -0.161. The van der Waals surface area contributed by atoms with Gasteiger partial charge in [-0.1, -0.05) is 13.0 Å². The molecule has 110 valence electrons. The van der Waals surface area contributed by atoms with Crippen LogP contribution in [0.4, 0.5) is 0 Å². The van der Waals surface area contributed by atoms with Gasteiger partial charge in [0.2, 0.25) is 0 Å². The van der Waals surface area contributed by atoms with Crippen molar-refractivity contribution in [2.75, 3.05) is 19.7 Å². The lowest BCUT2D eigenvalue weighted by atomic mass is 10.2. The highest BCUT2D eigenvalue weighted by atomic mass is 16.5. The van der Waals surface area contributed by atoms with Gasteiger partial charge in [0.25, 0.3) is 0 Å². The SMILES string of the molecule is CCOC(=O)CC(=O)CN(CC)Cc1cccc(C)n1. The van der Waals surface area contributed by atoms with E-state index in [1.165, 1.54) is 0 Å². The van der Waals surface area contributed by atoms with Crippen LogP contribution in [0, 0.1) is 6.92 Å². The summed E-state index contributed by atoms with van der Waals surface area (Å²) in [5.74, 6) is -0.583. The van der Waals surface area contributed by atoms with Crippen molar-refractivity contribution in [1.29, 1.82) is 0 Å². The Kier molecular flexibility index (Phi) is 6.87. The number of carbonyl (C=O) groups excluding carboxylic acids is 2. The number of aromatic nitrogens is 1. The van der Waals surface area contributed by atoms with Gasteiger partial charge in [0, 0.05) is 12.2 Å². The molecule has 1 heterocycles. The molecule has 0 aliphatic carbocycles. The zero-order valence-corrected chi connectivity index (χ0v) is 12.4. The number of nitrogens with zero attached hydrogens (tertiary/aromatic N) is 2. The van der Waals surface area contributed by atoms with Crippen LogP contribution >= 0.6 is 0 Å². The molecule has 0 spiro atoms. The molecule has 0 saturated heterocycles. The van der Waals surface area contributed by atoms with Gasteiger partial charge in [0.05, 0.1) is 18.8 Å². The quantitative estimate of drug-likeness (QED) is 0.535. The van der Waals surface area contributed by atoms with Gasteiger partial charge in [0.1, 0.15) is 6.42 Å². The Balaban J connectivity index is 2.50. The average molecular weight is 278 g/mol. The lowest BCUT2D eigenvalue weighted by Gasteiger charge is -2.19. The number of likely N-dealkylation sites (N-methyl/N-ethyl adjacent to an activating group) is 1. The monoisotopic (exact) mass is 278 g/mol. The Bertz CT molecular complexity index is 460. The molecule has 0 amide bonds. The number of carbonyl (C=O) groups is 2. The predicted octanol–water partition coefficient (Wildman–Crippen LogP) is 1.73. The van der Waals surface area contributed by atoms with Gasteiger partial charge in [-0.15, -0.1) is 0 Å². The summed E-state index contributed by atoms with van der Waals surface area (Å²) in [5.41, 5.74) is 1.88. The van der Waals surface area contributed by atoms with Gasteiger partial charge in [0.15, 0.2) is 5.78 Å². The maximum Gasteiger partial charge on any atom is 0.313 e. The summed E-state index contributed by atoms with van der Waals surface area (Å²) in [4.78, 5) is 29.4. The van der Waals surface area contributed by atoms with Crippen LogP contribution in [0.1, 0.15) is 31.7 Å². The molecule has 5 nitrogen and oxygen atoms in total. The topological polar surface area (TPSA) is 59.5 Å². The van der Waals surface area contributed by atoms with Crippen LogP contribution in [0.25, 0.3) is 0 Å². The van der Waals surface area contributed by atoms with Crippen molar-refractivity contribution < 1.29 is 14.3 Å². The number of Topliss-reactive ketones (excluding diaryl/α,β-unsaturated/α-hetero) is 1. The van der Waals surface area contributed by atoms with E-state index in [1.807, 2.05) is 36.9 Å². The van der Waals surface area contributed by atoms with Gasteiger partial charge < -0.3 is 4.74 Å². The maximum absolute atomic E-state index is 11.8. The number of hydrogen-bond acceptors (Lipinski definition) is 5. The minimum absolute atomic E-state index is 0.127. The first kappa shape index (κ1) is 16.3. The number of ether oxygens (including phenoxy) is 1. The minimum atomic E-state index is -0.456. The van der Waals surface area contributed by atoms with Gasteiger partial charge in [-0.3, -0.25) is 19.5 Å². The van der Waals surface area contributed by atoms with E-state index in [4.69, 9.17) is 4.74 Å². The lowest BCUT2D eigenvalue weighted by Crippen LogP contribution is -2.31.